The first-order chi connectivity index (χ1) is 42.2. The normalized spacial score (nSPS) is 14.9. The van der Waals surface area contributed by atoms with E-state index in [1.807, 2.05) is 131 Å². The summed E-state index contributed by atoms with van der Waals surface area (Å²) in [6.45, 7) is 13.4. The largest absolute Gasteiger partial charge is 0.477 e. The highest BCUT2D eigenvalue weighted by Gasteiger charge is 2.21. The number of anilines is 5. The number of nitrogens with one attached hydrogen (secondary N) is 3. The number of nitrogens with two attached hydrogens (primary N) is 2. The standard InChI is InChI=1S/C16H16ClN5O2.C15H14N4.C10H8BrNO.C10H15N3.C9H5BrO2S.C4H9NO/c1-16(2,3)24-15(23)22-12-5-4-11(8-10(12)9-19-22)20-13-6-7-18-14(17)21-13;1-11-17-9-7-15(18-11)19-14-4-2-12(3-5-14)13-6-8-16-10-13;1-6(13)9-4-7-2-3-8(11)5-10(7)12-9;11-9-2-1-7-13(8-9)10-3-5-12-6-4-10;10-6-2-1-5-3-8(9(11)12)13-7(5)4-6;5-4-1-2-6-3-4/h4-9H,1-3H3,(H,18,20,21);2-7,9-10H,8H2,1H3,(H,17,18,19);2-5,12H,1H3;3-6,9H,1-2,7-8,11H2;1-4H,(H,11,12);4H,1-3,5H2. The molecule has 8 N–H and O–H groups in total. The number of pyridine rings is 1. The molecule has 0 saturated carbocycles. The van der Waals surface area contributed by atoms with Crippen LogP contribution in [-0.4, -0.2) is 119 Å². The summed E-state index contributed by atoms with van der Waals surface area (Å²) in [4.78, 5) is 64.1. The maximum atomic E-state index is 12.2. The number of halogens is 3. The number of Topliss-reactive ketones (excluding diaryl/α,β-unsaturated/α-hetero) is 1. The van der Waals surface area contributed by atoms with Crippen LogP contribution in [0.15, 0.2) is 166 Å². The molecule has 13 rings (SSSR count). The third-order valence-corrected chi connectivity index (χ3v) is 15.3. The van der Waals surface area contributed by atoms with E-state index >= 15 is 0 Å². The van der Waals surface area contributed by atoms with Crippen LogP contribution < -0.4 is 27.0 Å². The van der Waals surface area contributed by atoms with Crippen molar-refractivity contribution < 1.29 is 29.0 Å². The lowest BCUT2D eigenvalue weighted by Gasteiger charge is -2.32. The topological polar surface area (TPSA) is 280 Å². The average molecular weight is 1360 g/mol. The SMILES string of the molecule is CC(=O)c1cc2ccc(Br)cc2[nH]1.CC(C)(C)OC(=O)n1ncc2cc(Nc3ccnc(Cl)n3)ccc21.Cc1nccc(Nc2ccc(C3=CCN=C3)cc2)n1.NC1CCCN(c2ccncc2)C1.NC1CCOC1.O=C(O)c1cc2ccc(Br)cc2s1. The summed E-state index contributed by atoms with van der Waals surface area (Å²) in [6.07, 6.45) is 15.5. The Balaban J connectivity index is 0.000000142. The van der Waals surface area contributed by atoms with E-state index in [1.54, 1.807) is 43.7 Å². The molecule has 10 aromatic rings. The van der Waals surface area contributed by atoms with Gasteiger partial charge in [-0.1, -0.05) is 62.2 Å². The van der Waals surface area contributed by atoms with E-state index in [9.17, 15) is 14.4 Å². The molecule has 6 aromatic heterocycles. The Bertz CT molecular complexity index is 3950. The van der Waals surface area contributed by atoms with E-state index in [4.69, 9.17) is 37.6 Å². The number of aromatic carboxylic acids is 1. The van der Waals surface area contributed by atoms with Crippen LogP contribution in [-0.2, 0) is 9.47 Å². The molecule has 0 bridgehead atoms. The summed E-state index contributed by atoms with van der Waals surface area (Å²) in [5.41, 5.74) is 18.5. The second-order valence-electron chi connectivity index (χ2n) is 21.2. The van der Waals surface area contributed by atoms with Crippen molar-refractivity contribution in [3.05, 3.63) is 189 Å². The zero-order valence-electron chi connectivity index (χ0n) is 49.0. The number of benzene rings is 4. The van der Waals surface area contributed by atoms with Crippen molar-refractivity contribution >= 4 is 145 Å². The zero-order chi connectivity index (χ0) is 62.7. The van der Waals surface area contributed by atoms with Gasteiger partial charge in [0.25, 0.3) is 0 Å². The monoisotopic (exact) mass is 1350 g/mol. The minimum absolute atomic E-state index is 0.0623. The molecule has 2 unspecified atom stereocenters. The number of carboxylic acids is 1. The van der Waals surface area contributed by atoms with Gasteiger partial charge in [-0.2, -0.15) is 9.78 Å². The molecule has 2 fully saturated rings. The lowest BCUT2D eigenvalue weighted by atomic mass is 10.1. The van der Waals surface area contributed by atoms with E-state index in [1.165, 1.54) is 39.3 Å². The van der Waals surface area contributed by atoms with Gasteiger partial charge >= 0.3 is 12.1 Å². The number of nitrogens with zero attached hydrogens (tertiary/aromatic N) is 9. The number of thiophene rings is 1. The van der Waals surface area contributed by atoms with Crippen molar-refractivity contribution in [3.63, 3.8) is 0 Å². The van der Waals surface area contributed by atoms with Crippen molar-refractivity contribution in [2.24, 2.45) is 16.5 Å². The minimum Gasteiger partial charge on any atom is -0.477 e. The third-order valence-electron chi connectivity index (χ3n) is 13.1. The first-order valence-corrected chi connectivity index (χ1v) is 30.8. The molecule has 0 amide bonds. The minimum atomic E-state index is -0.864. The lowest BCUT2D eigenvalue weighted by Crippen LogP contribution is -2.42. The lowest BCUT2D eigenvalue weighted by molar-refractivity contribution is 0.0522. The molecule has 0 radical (unpaired) electrons. The number of hydrogen-bond acceptors (Lipinski definition) is 18. The van der Waals surface area contributed by atoms with Crippen LogP contribution >= 0.6 is 54.8 Å². The fraction of sp³-hybridized carbons (Fsp3) is 0.250. The van der Waals surface area contributed by atoms with Gasteiger partial charge in [-0.3, -0.25) is 14.8 Å². The molecule has 20 nitrogen and oxygen atoms in total. The maximum absolute atomic E-state index is 12.2. The molecule has 9 heterocycles. The number of ketones is 1. The molecule has 88 heavy (non-hydrogen) atoms. The summed E-state index contributed by atoms with van der Waals surface area (Å²) in [7, 11) is 0. The van der Waals surface area contributed by atoms with E-state index in [2.05, 4.69) is 106 Å². The number of carbonyl (C=O) groups excluding carboxylic acids is 2. The second-order valence-corrected chi connectivity index (χ2v) is 24.5. The van der Waals surface area contributed by atoms with Crippen LogP contribution in [0.3, 0.4) is 0 Å². The van der Waals surface area contributed by atoms with Crippen molar-refractivity contribution in [2.45, 2.75) is 71.6 Å². The number of ether oxygens (including phenoxy) is 2. The Labute approximate surface area is 535 Å². The summed E-state index contributed by atoms with van der Waals surface area (Å²) >= 11 is 13.8. The van der Waals surface area contributed by atoms with Crippen molar-refractivity contribution in [2.75, 3.05) is 48.4 Å². The fourth-order valence-electron chi connectivity index (χ4n) is 8.83. The molecule has 4 aromatic carbocycles. The molecule has 2 atom stereocenters. The van der Waals surface area contributed by atoms with Crippen LogP contribution in [0.1, 0.15) is 78.5 Å². The van der Waals surface area contributed by atoms with Gasteiger partial charge in [0.15, 0.2) is 5.78 Å². The number of aliphatic imine (C=N–C) groups is 1. The van der Waals surface area contributed by atoms with Crippen LogP contribution in [0, 0.1) is 6.92 Å². The van der Waals surface area contributed by atoms with Crippen LogP contribution in [0.2, 0.25) is 5.28 Å². The van der Waals surface area contributed by atoms with E-state index in [-0.39, 0.29) is 11.1 Å². The Kier molecular flexibility index (Phi) is 23.6. The van der Waals surface area contributed by atoms with Crippen molar-refractivity contribution in [1.82, 2.24) is 39.7 Å². The zero-order valence-corrected chi connectivity index (χ0v) is 53.8. The van der Waals surface area contributed by atoms with Crippen LogP contribution in [0.4, 0.5) is 33.5 Å². The number of carbonyl (C=O) groups is 3. The summed E-state index contributed by atoms with van der Waals surface area (Å²) in [5, 5.41) is 22.2. The first kappa shape index (κ1) is 65.7. The van der Waals surface area contributed by atoms with Gasteiger partial charge in [0.05, 0.1) is 30.6 Å². The van der Waals surface area contributed by atoms with Gasteiger partial charge in [0, 0.05) is 117 Å². The molecule has 456 valence electrons. The molecule has 3 aliphatic heterocycles. The Morgan fingerprint density at radius 1 is 0.807 bits per heavy atom. The molecule has 3 aliphatic rings. The number of piperidine rings is 1. The fourth-order valence-corrected chi connectivity index (χ4v) is 10.8. The Hall–Kier alpha value is -8.29. The van der Waals surface area contributed by atoms with Crippen LogP contribution in [0.5, 0.6) is 0 Å². The maximum Gasteiger partial charge on any atom is 0.435 e. The van der Waals surface area contributed by atoms with Crippen LogP contribution in [0.25, 0.3) is 37.5 Å². The number of hydrogen-bond donors (Lipinski definition) is 6. The number of fused-ring (bicyclic) bond motifs is 3. The second kappa shape index (κ2) is 31.6. The van der Waals surface area contributed by atoms with Gasteiger partial charge in [0.2, 0.25) is 5.28 Å². The van der Waals surface area contributed by atoms with E-state index in [0.29, 0.717) is 34.0 Å². The summed E-state index contributed by atoms with van der Waals surface area (Å²) < 4.78 is 14.5. The number of aromatic nitrogens is 8. The molecular weight excluding hydrogens is 1290 g/mol. The number of aromatic amines is 1. The van der Waals surface area contributed by atoms with E-state index in [0.717, 1.165) is 104 Å². The number of allylic oxidation sites excluding steroid dienone is 1. The molecule has 2 saturated heterocycles. The first-order valence-electron chi connectivity index (χ1n) is 28.0. The smallest absolute Gasteiger partial charge is 0.435 e. The number of H-pyrrole nitrogens is 1. The Morgan fingerprint density at radius 2 is 1.51 bits per heavy atom. The summed E-state index contributed by atoms with van der Waals surface area (Å²) in [6, 6.07) is 37.2. The Morgan fingerprint density at radius 3 is 2.15 bits per heavy atom. The molecule has 0 spiro atoms. The number of carboxylic acid groups (broad SMARTS) is 1. The van der Waals surface area contributed by atoms with Gasteiger partial charge < -0.3 is 46.6 Å². The predicted octanol–water partition coefficient (Wildman–Crippen LogP) is 14.2. The highest BCUT2D eigenvalue weighted by atomic mass is 79.9. The van der Waals surface area contributed by atoms with Gasteiger partial charge in [-0.15, -0.1) is 11.3 Å². The van der Waals surface area contributed by atoms with Crippen molar-refractivity contribution in [3.8, 4) is 0 Å². The van der Waals surface area contributed by atoms with Crippen molar-refractivity contribution in [1.29, 1.82) is 0 Å². The predicted molar refractivity (Wildman–Crippen MR) is 359 cm³/mol. The highest BCUT2D eigenvalue weighted by molar-refractivity contribution is 9.10. The molecule has 0 aliphatic carbocycles. The van der Waals surface area contributed by atoms with Gasteiger partial charge in [-0.25, -0.2) is 29.5 Å². The molecular formula is C64H67Br2ClN14O6S. The molecule has 24 heteroatoms. The quantitative estimate of drug-likeness (QED) is 0.0609. The number of rotatable bonds is 8. The highest BCUT2D eigenvalue weighted by Crippen LogP contribution is 2.29. The van der Waals surface area contributed by atoms with Gasteiger partial charge in [-0.05, 0) is 166 Å². The number of aryl methyl sites for hydroxylation is 1. The average Bonchev–Trinajstić information content (AvgIpc) is 2.95. The van der Waals surface area contributed by atoms with E-state index < -0.39 is 17.7 Å². The summed E-state index contributed by atoms with van der Waals surface area (Å²) in [5.74, 6) is 1.34. The van der Waals surface area contributed by atoms with Gasteiger partial charge in [0.1, 0.15) is 27.9 Å². The third kappa shape index (κ3) is 20.1.